The van der Waals surface area contributed by atoms with Gasteiger partial charge in [0, 0.05) is 34.3 Å². The summed E-state index contributed by atoms with van der Waals surface area (Å²) in [6, 6.07) is 69.4. The van der Waals surface area contributed by atoms with Gasteiger partial charge in [-0.05, 0) is 121 Å². The summed E-state index contributed by atoms with van der Waals surface area (Å²) in [5, 5.41) is 4.73. The molecule has 3 heterocycles. The van der Waals surface area contributed by atoms with Crippen LogP contribution in [0.25, 0.3) is 54.8 Å². The minimum atomic E-state index is -0.502. The molecule has 3 nitrogen and oxygen atoms in total. The van der Waals surface area contributed by atoms with Gasteiger partial charge in [-0.25, -0.2) is 0 Å². The molecule has 8 aromatic carbocycles. The number of fused-ring (bicyclic) bond motifs is 11. The third-order valence-corrected chi connectivity index (χ3v) is 13.2. The number of hydrogen-bond acceptors (Lipinski definition) is 3. The highest BCUT2D eigenvalue weighted by Gasteiger charge is 2.46. The maximum Gasteiger partial charge on any atom is 0.0970 e. The van der Waals surface area contributed by atoms with Crippen LogP contribution in [-0.2, 0) is 10.8 Å². The maximum atomic E-state index is 4.83. The molecule has 278 valence electrons. The van der Waals surface area contributed by atoms with Gasteiger partial charge in [0.25, 0.3) is 0 Å². The van der Waals surface area contributed by atoms with E-state index in [-0.39, 0.29) is 5.41 Å². The maximum absolute atomic E-state index is 4.83. The van der Waals surface area contributed by atoms with Gasteiger partial charge >= 0.3 is 0 Å². The highest BCUT2D eigenvalue weighted by atomic mass is 15.2. The van der Waals surface area contributed by atoms with Crippen LogP contribution >= 0.6 is 0 Å². The molecule has 10 aromatic rings. The molecule has 0 saturated heterocycles. The van der Waals surface area contributed by atoms with Gasteiger partial charge in [-0.3, -0.25) is 9.97 Å². The van der Waals surface area contributed by atoms with E-state index in [1.54, 1.807) is 0 Å². The van der Waals surface area contributed by atoms with E-state index in [1.165, 1.54) is 77.8 Å². The second-order valence-corrected chi connectivity index (χ2v) is 16.5. The Hall–Kier alpha value is -7.36. The lowest BCUT2D eigenvalue weighted by Gasteiger charge is -2.46. The standard InChI is InChI=1S/C56H39N3/c1-55(2)47-29-28-37(33-45(47)46-34-43-41-22-14-30-57-53(41)54-42(23-15-31-58-54)44(43)35-50(46)55)36-16-13-21-40(32-36)59-51-26-11-9-24-48(51)56(38-17-5-3-6-18-38,39-19-7-4-8-20-39)49-25-10-12-27-52(49)59/h3-35H,1-2H3. The fourth-order valence-electron chi connectivity index (χ4n) is 10.6. The first-order chi connectivity index (χ1) is 29.0. The second kappa shape index (κ2) is 12.6. The van der Waals surface area contributed by atoms with Gasteiger partial charge in [0.15, 0.2) is 0 Å². The summed E-state index contributed by atoms with van der Waals surface area (Å²) in [6.07, 6.45) is 3.75. The normalized spacial score (nSPS) is 14.5. The Balaban J connectivity index is 1.03. The molecule has 2 aliphatic rings. The number of para-hydroxylation sites is 2. The van der Waals surface area contributed by atoms with Crippen molar-refractivity contribution in [2.75, 3.05) is 4.90 Å². The Morgan fingerprint density at radius 3 is 1.56 bits per heavy atom. The molecule has 0 atom stereocenters. The number of anilines is 3. The van der Waals surface area contributed by atoms with Gasteiger partial charge in [0.05, 0.1) is 27.8 Å². The molecule has 12 rings (SSSR count). The quantitative estimate of drug-likeness (QED) is 0.168. The summed E-state index contributed by atoms with van der Waals surface area (Å²) in [4.78, 5) is 12.1. The van der Waals surface area contributed by atoms with E-state index in [4.69, 9.17) is 9.97 Å². The van der Waals surface area contributed by atoms with E-state index < -0.39 is 5.41 Å². The van der Waals surface area contributed by atoms with Crippen LogP contribution in [0.5, 0.6) is 0 Å². The monoisotopic (exact) mass is 753 g/mol. The third kappa shape index (κ3) is 4.70. The van der Waals surface area contributed by atoms with Crippen LogP contribution in [0.2, 0.25) is 0 Å². The van der Waals surface area contributed by atoms with Crippen LogP contribution in [0.1, 0.15) is 47.2 Å². The van der Waals surface area contributed by atoms with Crippen molar-refractivity contribution in [2.45, 2.75) is 24.7 Å². The zero-order valence-electron chi connectivity index (χ0n) is 32.9. The van der Waals surface area contributed by atoms with E-state index in [0.29, 0.717) is 0 Å². The summed E-state index contributed by atoms with van der Waals surface area (Å²) in [5.41, 5.74) is 17.4. The summed E-state index contributed by atoms with van der Waals surface area (Å²) in [7, 11) is 0. The molecule has 0 fully saturated rings. The van der Waals surface area contributed by atoms with Crippen molar-refractivity contribution >= 4 is 49.6 Å². The topological polar surface area (TPSA) is 29.0 Å². The van der Waals surface area contributed by atoms with Crippen molar-refractivity contribution in [2.24, 2.45) is 0 Å². The Morgan fingerprint density at radius 1 is 0.390 bits per heavy atom. The van der Waals surface area contributed by atoms with E-state index in [2.05, 4.69) is 195 Å². The number of rotatable bonds is 4. The molecule has 2 aromatic heterocycles. The molecular formula is C56H39N3. The van der Waals surface area contributed by atoms with Crippen molar-refractivity contribution in [1.29, 1.82) is 0 Å². The fourth-order valence-corrected chi connectivity index (χ4v) is 10.6. The Labute approximate surface area is 343 Å². The lowest BCUT2D eigenvalue weighted by atomic mass is 9.62. The number of pyridine rings is 2. The van der Waals surface area contributed by atoms with Crippen LogP contribution in [0.15, 0.2) is 200 Å². The van der Waals surface area contributed by atoms with Gasteiger partial charge in [0.2, 0.25) is 0 Å². The molecule has 0 N–H and O–H groups in total. The number of nitrogens with zero attached hydrogens (tertiary/aromatic N) is 3. The summed E-state index contributed by atoms with van der Waals surface area (Å²) < 4.78 is 0. The molecule has 0 bridgehead atoms. The van der Waals surface area contributed by atoms with Gasteiger partial charge in [-0.2, -0.15) is 0 Å². The minimum absolute atomic E-state index is 0.164. The first-order valence-electron chi connectivity index (χ1n) is 20.5. The first kappa shape index (κ1) is 33.7. The van der Waals surface area contributed by atoms with E-state index in [0.717, 1.165) is 27.5 Å². The van der Waals surface area contributed by atoms with Crippen molar-refractivity contribution in [1.82, 2.24) is 9.97 Å². The van der Waals surface area contributed by atoms with Crippen LogP contribution in [0.4, 0.5) is 17.1 Å². The zero-order valence-corrected chi connectivity index (χ0v) is 32.9. The predicted octanol–water partition coefficient (Wildman–Crippen LogP) is 14.1. The molecule has 0 spiro atoms. The van der Waals surface area contributed by atoms with Gasteiger partial charge in [0.1, 0.15) is 0 Å². The van der Waals surface area contributed by atoms with Crippen LogP contribution in [-0.4, -0.2) is 9.97 Å². The molecule has 0 amide bonds. The van der Waals surface area contributed by atoms with E-state index in [9.17, 15) is 0 Å². The predicted molar refractivity (Wildman–Crippen MR) is 244 cm³/mol. The molecular weight excluding hydrogens is 715 g/mol. The van der Waals surface area contributed by atoms with Crippen molar-refractivity contribution in [3.63, 3.8) is 0 Å². The number of aromatic nitrogens is 2. The van der Waals surface area contributed by atoms with Gasteiger partial charge < -0.3 is 4.90 Å². The molecule has 0 unspecified atom stereocenters. The number of benzene rings is 8. The third-order valence-electron chi connectivity index (χ3n) is 13.2. The Morgan fingerprint density at radius 2 is 0.932 bits per heavy atom. The number of hydrogen-bond donors (Lipinski definition) is 0. The average Bonchev–Trinajstić information content (AvgIpc) is 3.52. The molecule has 0 radical (unpaired) electrons. The largest absolute Gasteiger partial charge is 0.310 e. The smallest absolute Gasteiger partial charge is 0.0970 e. The lowest BCUT2D eigenvalue weighted by molar-refractivity contribution is 0.661. The lowest BCUT2D eigenvalue weighted by Crippen LogP contribution is -2.37. The zero-order chi connectivity index (χ0) is 39.3. The molecule has 3 heteroatoms. The molecule has 0 saturated carbocycles. The van der Waals surface area contributed by atoms with Gasteiger partial charge in [-0.15, -0.1) is 0 Å². The first-order valence-corrected chi connectivity index (χ1v) is 20.5. The Bertz CT molecular complexity index is 3220. The highest BCUT2D eigenvalue weighted by Crippen LogP contribution is 2.58. The molecule has 59 heavy (non-hydrogen) atoms. The minimum Gasteiger partial charge on any atom is -0.310 e. The molecule has 1 aliphatic heterocycles. The van der Waals surface area contributed by atoms with Crippen molar-refractivity contribution in [3.8, 4) is 22.3 Å². The summed E-state index contributed by atoms with van der Waals surface area (Å²) in [5.74, 6) is 0. The second-order valence-electron chi connectivity index (χ2n) is 16.5. The van der Waals surface area contributed by atoms with Crippen LogP contribution in [0.3, 0.4) is 0 Å². The van der Waals surface area contributed by atoms with Crippen molar-refractivity contribution < 1.29 is 0 Å². The fraction of sp³-hybridized carbons (Fsp3) is 0.0714. The van der Waals surface area contributed by atoms with Gasteiger partial charge in [-0.1, -0.05) is 147 Å². The SMILES string of the molecule is CC1(C)c2ccc(-c3cccc(N4c5ccccc5C(c5ccccc5)(c5ccccc5)c5ccccc54)c3)cc2-c2cc3c(cc21)c1cccnc1c1ncccc31. The van der Waals surface area contributed by atoms with Crippen molar-refractivity contribution in [3.05, 3.63) is 234 Å². The van der Waals surface area contributed by atoms with Crippen LogP contribution in [0, 0.1) is 0 Å². The average molecular weight is 754 g/mol. The van der Waals surface area contributed by atoms with E-state index in [1.807, 2.05) is 24.5 Å². The van der Waals surface area contributed by atoms with E-state index >= 15 is 0 Å². The Kier molecular flexibility index (Phi) is 7.19. The summed E-state index contributed by atoms with van der Waals surface area (Å²) >= 11 is 0. The highest BCUT2D eigenvalue weighted by molar-refractivity contribution is 6.24. The molecule has 1 aliphatic carbocycles. The summed E-state index contributed by atoms with van der Waals surface area (Å²) in [6.45, 7) is 4.73. The van der Waals surface area contributed by atoms with Crippen LogP contribution < -0.4 is 4.90 Å².